The van der Waals surface area contributed by atoms with Crippen molar-refractivity contribution in [2.24, 2.45) is 0 Å². The minimum atomic E-state index is 0.0527. The highest BCUT2D eigenvalue weighted by molar-refractivity contribution is 5.93. The lowest BCUT2D eigenvalue weighted by molar-refractivity contribution is -0.116. The van der Waals surface area contributed by atoms with Gasteiger partial charge in [0.1, 0.15) is 0 Å². The van der Waals surface area contributed by atoms with E-state index < -0.39 is 0 Å². The van der Waals surface area contributed by atoms with Crippen molar-refractivity contribution in [1.82, 2.24) is 14.9 Å². The SMILES string of the molecule is O=C(CC1CCCN1)Nc1ccccc1-n1ccnc1. The molecule has 0 saturated carbocycles. The van der Waals surface area contributed by atoms with Crippen molar-refractivity contribution in [3.8, 4) is 5.69 Å². The molecule has 104 valence electrons. The molecule has 1 aromatic carbocycles. The van der Waals surface area contributed by atoms with E-state index in [1.54, 1.807) is 12.5 Å². The molecular weight excluding hydrogens is 252 g/mol. The van der Waals surface area contributed by atoms with Crippen molar-refractivity contribution in [1.29, 1.82) is 0 Å². The summed E-state index contributed by atoms with van der Waals surface area (Å²) in [6, 6.07) is 8.06. The molecule has 1 fully saturated rings. The molecule has 1 aromatic heterocycles. The zero-order valence-corrected chi connectivity index (χ0v) is 11.2. The lowest BCUT2D eigenvalue weighted by Crippen LogP contribution is -2.27. The highest BCUT2D eigenvalue weighted by atomic mass is 16.1. The number of nitrogens with zero attached hydrogens (tertiary/aromatic N) is 2. The van der Waals surface area contributed by atoms with Gasteiger partial charge in [-0.05, 0) is 31.5 Å². The van der Waals surface area contributed by atoms with Gasteiger partial charge in [0, 0.05) is 24.9 Å². The highest BCUT2D eigenvalue weighted by Crippen LogP contribution is 2.20. The average Bonchev–Trinajstić information content (AvgIpc) is 3.11. The normalized spacial score (nSPS) is 18.1. The molecule has 1 aliphatic rings. The van der Waals surface area contributed by atoms with Gasteiger partial charge in [-0.15, -0.1) is 0 Å². The Hall–Kier alpha value is -2.14. The third-order valence-corrected chi connectivity index (χ3v) is 3.55. The van der Waals surface area contributed by atoms with Crippen LogP contribution in [-0.4, -0.2) is 28.0 Å². The predicted molar refractivity (Wildman–Crippen MR) is 77.8 cm³/mol. The summed E-state index contributed by atoms with van der Waals surface area (Å²) in [7, 11) is 0. The molecule has 20 heavy (non-hydrogen) atoms. The molecule has 1 aliphatic heterocycles. The van der Waals surface area contributed by atoms with Gasteiger partial charge in [-0.25, -0.2) is 4.98 Å². The molecule has 1 atom stereocenters. The Morgan fingerprint density at radius 1 is 1.45 bits per heavy atom. The maximum absolute atomic E-state index is 12.1. The Balaban J connectivity index is 1.72. The van der Waals surface area contributed by atoms with Crippen molar-refractivity contribution >= 4 is 11.6 Å². The number of carbonyl (C=O) groups excluding carboxylic acids is 1. The fourth-order valence-electron chi connectivity index (χ4n) is 2.56. The number of benzene rings is 1. The second-order valence-electron chi connectivity index (χ2n) is 5.03. The van der Waals surface area contributed by atoms with Crippen LogP contribution < -0.4 is 10.6 Å². The van der Waals surface area contributed by atoms with Gasteiger partial charge in [0.05, 0.1) is 17.7 Å². The third kappa shape index (κ3) is 2.88. The van der Waals surface area contributed by atoms with Crippen LogP contribution >= 0.6 is 0 Å². The largest absolute Gasteiger partial charge is 0.324 e. The van der Waals surface area contributed by atoms with E-state index in [-0.39, 0.29) is 5.91 Å². The fraction of sp³-hybridized carbons (Fsp3) is 0.333. The number of anilines is 1. The molecule has 2 heterocycles. The van der Waals surface area contributed by atoms with Crippen LogP contribution in [0.1, 0.15) is 19.3 Å². The number of amides is 1. The van der Waals surface area contributed by atoms with Gasteiger partial charge in [0.15, 0.2) is 0 Å². The van der Waals surface area contributed by atoms with Crippen molar-refractivity contribution < 1.29 is 4.79 Å². The van der Waals surface area contributed by atoms with E-state index in [4.69, 9.17) is 0 Å². The lowest BCUT2D eigenvalue weighted by atomic mass is 10.1. The van der Waals surface area contributed by atoms with Crippen molar-refractivity contribution in [3.05, 3.63) is 43.0 Å². The Bertz CT molecular complexity index is 573. The van der Waals surface area contributed by atoms with Gasteiger partial charge in [0.25, 0.3) is 0 Å². The van der Waals surface area contributed by atoms with Crippen molar-refractivity contribution in [2.75, 3.05) is 11.9 Å². The number of para-hydroxylation sites is 2. The number of rotatable bonds is 4. The maximum Gasteiger partial charge on any atom is 0.225 e. The molecule has 5 heteroatoms. The first-order chi connectivity index (χ1) is 9.83. The smallest absolute Gasteiger partial charge is 0.225 e. The highest BCUT2D eigenvalue weighted by Gasteiger charge is 2.18. The number of carbonyl (C=O) groups is 1. The molecule has 2 aromatic rings. The van der Waals surface area contributed by atoms with Gasteiger partial charge in [-0.3, -0.25) is 4.79 Å². The van der Waals surface area contributed by atoms with Crippen LogP contribution in [0.3, 0.4) is 0 Å². The average molecular weight is 270 g/mol. The summed E-state index contributed by atoms with van der Waals surface area (Å²) in [5.74, 6) is 0.0527. The summed E-state index contributed by atoms with van der Waals surface area (Å²) in [4.78, 5) is 16.2. The summed E-state index contributed by atoms with van der Waals surface area (Å²) >= 11 is 0. The van der Waals surface area contributed by atoms with Crippen LogP contribution in [0.25, 0.3) is 5.69 Å². The quantitative estimate of drug-likeness (QED) is 0.892. The maximum atomic E-state index is 12.1. The zero-order valence-electron chi connectivity index (χ0n) is 11.2. The summed E-state index contributed by atoms with van der Waals surface area (Å²) < 4.78 is 1.89. The Labute approximate surface area is 118 Å². The molecule has 1 unspecified atom stereocenters. The lowest BCUT2D eigenvalue weighted by Gasteiger charge is -2.13. The number of hydrogen-bond donors (Lipinski definition) is 2. The molecule has 1 amide bonds. The van der Waals surface area contributed by atoms with Crippen LogP contribution in [0.5, 0.6) is 0 Å². The van der Waals surface area contributed by atoms with Gasteiger partial charge in [0.2, 0.25) is 5.91 Å². The van der Waals surface area contributed by atoms with Crippen LogP contribution in [0.15, 0.2) is 43.0 Å². The topological polar surface area (TPSA) is 59.0 Å². The van der Waals surface area contributed by atoms with E-state index in [0.29, 0.717) is 12.5 Å². The minimum absolute atomic E-state index is 0.0527. The molecule has 3 rings (SSSR count). The Morgan fingerprint density at radius 2 is 2.35 bits per heavy atom. The summed E-state index contributed by atoms with van der Waals surface area (Å²) in [6.45, 7) is 1.02. The second kappa shape index (κ2) is 5.88. The summed E-state index contributed by atoms with van der Waals surface area (Å²) in [5, 5.41) is 6.34. The third-order valence-electron chi connectivity index (χ3n) is 3.55. The van der Waals surface area contributed by atoms with E-state index in [1.807, 2.05) is 35.0 Å². The number of imidazole rings is 1. The van der Waals surface area contributed by atoms with Crippen LogP contribution in [-0.2, 0) is 4.79 Å². The van der Waals surface area contributed by atoms with E-state index in [9.17, 15) is 4.79 Å². The summed E-state index contributed by atoms with van der Waals surface area (Å²) in [5.41, 5.74) is 1.74. The van der Waals surface area contributed by atoms with E-state index >= 15 is 0 Å². The number of aromatic nitrogens is 2. The zero-order chi connectivity index (χ0) is 13.8. The molecule has 0 spiro atoms. The molecule has 1 saturated heterocycles. The van der Waals surface area contributed by atoms with Crippen LogP contribution in [0, 0.1) is 0 Å². The monoisotopic (exact) mass is 270 g/mol. The van der Waals surface area contributed by atoms with Crippen LogP contribution in [0.4, 0.5) is 5.69 Å². The Kier molecular flexibility index (Phi) is 3.78. The number of hydrogen-bond acceptors (Lipinski definition) is 3. The number of nitrogens with one attached hydrogen (secondary N) is 2. The molecule has 0 aliphatic carbocycles. The fourth-order valence-corrected chi connectivity index (χ4v) is 2.56. The van der Waals surface area contributed by atoms with E-state index in [2.05, 4.69) is 15.6 Å². The van der Waals surface area contributed by atoms with E-state index in [1.165, 1.54) is 0 Å². The van der Waals surface area contributed by atoms with Gasteiger partial charge < -0.3 is 15.2 Å². The molecule has 2 N–H and O–H groups in total. The van der Waals surface area contributed by atoms with Gasteiger partial charge >= 0.3 is 0 Å². The van der Waals surface area contributed by atoms with Gasteiger partial charge in [-0.2, -0.15) is 0 Å². The van der Waals surface area contributed by atoms with Crippen molar-refractivity contribution in [3.63, 3.8) is 0 Å². The molecule has 0 bridgehead atoms. The predicted octanol–water partition coefficient (Wildman–Crippen LogP) is 1.95. The van der Waals surface area contributed by atoms with E-state index in [0.717, 1.165) is 30.8 Å². The summed E-state index contributed by atoms with van der Waals surface area (Å²) in [6.07, 6.45) is 8.08. The first kappa shape index (κ1) is 12.9. The molecule has 5 nitrogen and oxygen atoms in total. The van der Waals surface area contributed by atoms with Crippen LogP contribution in [0.2, 0.25) is 0 Å². The minimum Gasteiger partial charge on any atom is -0.324 e. The standard InChI is InChI=1S/C15H18N4O/c20-15(10-12-4-3-7-17-12)18-13-5-1-2-6-14(13)19-9-8-16-11-19/h1-2,5-6,8-9,11-12,17H,3-4,7,10H2,(H,18,20). The Morgan fingerprint density at radius 3 is 3.10 bits per heavy atom. The first-order valence-electron chi connectivity index (χ1n) is 6.93. The molecular formula is C15H18N4O. The first-order valence-corrected chi connectivity index (χ1v) is 6.93. The second-order valence-corrected chi connectivity index (χ2v) is 5.03. The van der Waals surface area contributed by atoms with Crippen molar-refractivity contribution in [2.45, 2.75) is 25.3 Å². The van der Waals surface area contributed by atoms with Gasteiger partial charge in [-0.1, -0.05) is 12.1 Å². The molecule has 0 radical (unpaired) electrons.